The summed E-state index contributed by atoms with van der Waals surface area (Å²) in [4.78, 5) is 11.3. The highest BCUT2D eigenvalue weighted by molar-refractivity contribution is 6.21. The molecule has 0 saturated carbocycles. The number of hydrogen-bond acceptors (Lipinski definition) is 3. The molecule has 5 nitrogen and oxygen atoms in total. The van der Waals surface area contributed by atoms with E-state index in [-0.39, 0.29) is 5.95 Å². The Hall–Kier alpha value is -2.91. The molecule has 1 aromatic heterocycles. The van der Waals surface area contributed by atoms with Gasteiger partial charge in [0.1, 0.15) is 0 Å². The third-order valence-corrected chi connectivity index (χ3v) is 3.31. The first-order valence-electron chi connectivity index (χ1n) is 5.83. The van der Waals surface area contributed by atoms with Gasteiger partial charge in [-0.15, -0.1) is 0 Å². The van der Waals surface area contributed by atoms with Crippen molar-refractivity contribution in [2.75, 3.05) is 0 Å². The standard InChI is InChI=1S/C14H7N5/c15-19-18-14-16-10-6-4-8-2-1-3-9-5-7-11(17-14)13(10)12(8)9/h1-7H. The van der Waals surface area contributed by atoms with Crippen molar-refractivity contribution < 1.29 is 0 Å². The molecule has 3 aromatic carbocycles. The van der Waals surface area contributed by atoms with Gasteiger partial charge in [-0.2, -0.15) is 0 Å². The lowest BCUT2D eigenvalue weighted by Crippen LogP contribution is -1.89. The van der Waals surface area contributed by atoms with Crippen LogP contribution in [0.25, 0.3) is 43.0 Å². The summed E-state index contributed by atoms with van der Waals surface area (Å²) in [7, 11) is 0. The van der Waals surface area contributed by atoms with Crippen LogP contribution in [0.1, 0.15) is 0 Å². The normalized spacial score (nSPS) is 11.2. The number of rotatable bonds is 1. The molecule has 4 rings (SSSR count). The molecule has 0 atom stereocenters. The largest absolute Gasteiger partial charge is 0.227 e. The Morgan fingerprint density at radius 1 is 0.842 bits per heavy atom. The lowest BCUT2D eigenvalue weighted by molar-refractivity contribution is 1.19. The van der Waals surface area contributed by atoms with Gasteiger partial charge in [-0.1, -0.05) is 30.3 Å². The first-order valence-corrected chi connectivity index (χ1v) is 5.83. The van der Waals surface area contributed by atoms with Crippen LogP contribution >= 0.6 is 0 Å². The van der Waals surface area contributed by atoms with E-state index in [4.69, 9.17) is 5.53 Å². The van der Waals surface area contributed by atoms with E-state index >= 15 is 0 Å². The highest BCUT2D eigenvalue weighted by Crippen LogP contribution is 2.33. The SMILES string of the molecule is [N-]=[N+]=Nc1nc2ccc3cccc4ccc(n1)c2c34. The predicted octanol–water partition coefficient (Wildman–Crippen LogP) is 4.32. The van der Waals surface area contributed by atoms with E-state index in [9.17, 15) is 0 Å². The van der Waals surface area contributed by atoms with Gasteiger partial charge in [-0.25, -0.2) is 9.97 Å². The zero-order valence-electron chi connectivity index (χ0n) is 9.78. The zero-order valence-corrected chi connectivity index (χ0v) is 9.78. The maximum Gasteiger partial charge on any atom is 0.217 e. The molecule has 0 aliphatic heterocycles. The van der Waals surface area contributed by atoms with Gasteiger partial charge in [-0.05, 0) is 33.6 Å². The van der Waals surface area contributed by atoms with Crippen LogP contribution in [0.2, 0.25) is 0 Å². The average molecular weight is 245 g/mol. The Morgan fingerprint density at radius 3 is 2.05 bits per heavy atom. The molecule has 0 fully saturated rings. The molecule has 0 unspecified atom stereocenters. The molecule has 0 radical (unpaired) electrons. The van der Waals surface area contributed by atoms with E-state index in [1.807, 2.05) is 30.3 Å². The van der Waals surface area contributed by atoms with Gasteiger partial charge in [0.05, 0.1) is 11.0 Å². The first kappa shape index (κ1) is 10.1. The minimum absolute atomic E-state index is 0.161. The molecule has 0 aliphatic carbocycles. The molecule has 4 aromatic rings. The molecule has 0 amide bonds. The van der Waals surface area contributed by atoms with Crippen LogP contribution in [-0.4, -0.2) is 9.97 Å². The molecule has 1 heterocycles. The van der Waals surface area contributed by atoms with E-state index in [1.165, 1.54) is 0 Å². The Labute approximate surface area is 107 Å². The number of hydrogen-bond donors (Lipinski definition) is 0. The third-order valence-electron chi connectivity index (χ3n) is 3.31. The van der Waals surface area contributed by atoms with Crippen molar-refractivity contribution in [3.63, 3.8) is 0 Å². The quantitative estimate of drug-likeness (QED) is 0.217. The van der Waals surface area contributed by atoms with Crippen LogP contribution in [0, 0.1) is 0 Å². The van der Waals surface area contributed by atoms with E-state index in [0.717, 1.165) is 32.6 Å². The fraction of sp³-hybridized carbons (Fsp3) is 0. The van der Waals surface area contributed by atoms with Gasteiger partial charge in [0.25, 0.3) is 0 Å². The predicted molar refractivity (Wildman–Crippen MR) is 74.5 cm³/mol. The highest BCUT2D eigenvalue weighted by Gasteiger charge is 2.10. The lowest BCUT2D eigenvalue weighted by Gasteiger charge is -2.09. The van der Waals surface area contributed by atoms with Gasteiger partial charge in [0, 0.05) is 15.7 Å². The summed E-state index contributed by atoms with van der Waals surface area (Å²) in [5, 5.41) is 7.99. The second kappa shape index (κ2) is 3.54. The van der Waals surface area contributed by atoms with Crippen molar-refractivity contribution in [3.05, 3.63) is 52.9 Å². The summed E-state index contributed by atoms with van der Waals surface area (Å²) in [5.74, 6) is 0.161. The molecule has 0 aliphatic rings. The van der Waals surface area contributed by atoms with Crippen molar-refractivity contribution >= 4 is 38.5 Å². The molecular weight excluding hydrogens is 238 g/mol. The fourth-order valence-electron chi connectivity index (χ4n) is 2.56. The smallest absolute Gasteiger partial charge is 0.217 e. The summed E-state index contributed by atoms with van der Waals surface area (Å²) >= 11 is 0. The molecule has 88 valence electrons. The first-order chi connectivity index (χ1) is 9.36. The molecule has 0 bridgehead atoms. The summed E-state index contributed by atoms with van der Waals surface area (Å²) < 4.78 is 0. The summed E-state index contributed by atoms with van der Waals surface area (Å²) in [6.45, 7) is 0. The lowest BCUT2D eigenvalue weighted by atomic mass is 9.99. The summed E-state index contributed by atoms with van der Waals surface area (Å²) in [5.41, 5.74) is 10.1. The van der Waals surface area contributed by atoms with Gasteiger partial charge in [0.2, 0.25) is 5.95 Å². The second-order valence-electron chi connectivity index (χ2n) is 4.34. The molecular formula is C14H7N5. The Bertz CT molecular complexity index is 906. The minimum atomic E-state index is 0.161. The zero-order chi connectivity index (χ0) is 12.8. The van der Waals surface area contributed by atoms with E-state index in [2.05, 4.69) is 32.1 Å². The van der Waals surface area contributed by atoms with Crippen molar-refractivity contribution in [1.29, 1.82) is 0 Å². The molecule has 19 heavy (non-hydrogen) atoms. The van der Waals surface area contributed by atoms with Gasteiger partial charge in [0.15, 0.2) is 0 Å². The van der Waals surface area contributed by atoms with Crippen LogP contribution in [0.3, 0.4) is 0 Å². The molecule has 5 heteroatoms. The minimum Gasteiger partial charge on any atom is -0.227 e. The van der Waals surface area contributed by atoms with Crippen molar-refractivity contribution in [1.82, 2.24) is 9.97 Å². The van der Waals surface area contributed by atoms with Crippen molar-refractivity contribution in [2.45, 2.75) is 0 Å². The monoisotopic (exact) mass is 245 g/mol. The topological polar surface area (TPSA) is 74.5 Å². The van der Waals surface area contributed by atoms with Crippen molar-refractivity contribution in [3.8, 4) is 0 Å². The Kier molecular flexibility index (Phi) is 1.87. The fourth-order valence-corrected chi connectivity index (χ4v) is 2.56. The van der Waals surface area contributed by atoms with E-state index < -0.39 is 0 Å². The number of nitrogens with zero attached hydrogens (tertiary/aromatic N) is 5. The van der Waals surface area contributed by atoms with Crippen LogP contribution in [0.4, 0.5) is 5.95 Å². The maximum absolute atomic E-state index is 8.50. The Morgan fingerprint density at radius 2 is 1.47 bits per heavy atom. The van der Waals surface area contributed by atoms with Crippen LogP contribution in [0.15, 0.2) is 47.6 Å². The molecule has 0 N–H and O–H groups in total. The van der Waals surface area contributed by atoms with E-state index in [1.54, 1.807) is 0 Å². The number of aromatic nitrogens is 2. The van der Waals surface area contributed by atoms with Gasteiger partial charge < -0.3 is 0 Å². The average Bonchev–Trinajstić information content (AvgIpc) is 2.45. The Balaban J connectivity index is 2.31. The van der Waals surface area contributed by atoms with Crippen LogP contribution in [0.5, 0.6) is 0 Å². The maximum atomic E-state index is 8.50. The van der Waals surface area contributed by atoms with Crippen LogP contribution in [-0.2, 0) is 0 Å². The van der Waals surface area contributed by atoms with Gasteiger partial charge in [-0.3, -0.25) is 0 Å². The summed E-state index contributed by atoms with van der Waals surface area (Å²) in [6, 6.07) is 14.1. The second-order valence-corrected chi connectivity index (χ2v) is 4.34. The molecule has 0 spiro atoms. The van der Waals surface area contributed by atoms with E-state index in [0.29, 0.717) is 0 Å². The van der Waals surface area contributed by atoms with Crippen LogP contribution < -0.4 is 0 Å². The van der Waals surface area contributed by atoms with Crippen molar-refractivity contribution in [2.24, 2.45) is 5.11 Å². The summed E-state index contributed by atoms with van der Waals surface area (Å²) in [6.07, 6.45) is 0. The number of benzene rings is 3. The highest BCUT2D eigenvalue weighted by atomic mass is 15.2. The third kappa shape index (κ3) is 1.33. The number of azide groups is 1. The van der Waals surface area contributed by atoms with Gasteiger partial charge >= 0.3 is 0 Å². The molecule has 0 saturated heterocycles.